The normalized spacial score (nSPS) is 10.4. The van der Waals surface area contributed by atoms with Crippen LogP contribution in [0.5, 0.6) is 5.75 Å². The highest BCUT2D eigenvalue weighted by Crippen LogP contribution is 2.27. The molecule has 3 rings (SSSR count). The Labute approximate surface area is 162 Å². The van der Waals surface area contributed by atoms with Gasteiger partial charge in [0.1, 0.15) is 5.75 Å². The van der Waals surface area contributed by atoms with Gasteiger partial charge in [0, 0.05) is 12.0 Å². The van der Waals surface area contributed by atoms with Gasteiger partial charge in [0.25, 0.3) is 0 Å². The number of aryl methyl sites for hydroxylation is 2. The second-order valence-corrected chi connectivity index (χ2v) is 6.38. The summed E-state index contributed by atoms with van der Waals surface area (Å²) in [6.07, 6.45) is 5.80. The zero-order valence-corrected chi connectivity index (χ0v) is 15.3. The molecule has 0 aliphatic carbocycles. The number of terminal acetylenes is 1. The van der Waals surface area contributed by atoms with Crippen molar-refractivity contribution in [1.29, 1.82) is 0 Å². The molecule has 0 saturated carbocycles. The van der Waals surface area contributed by atoms with E-state index in [4.69, 9.17) is 11.2 Å². The number of hydrogen-bond donors (Lipinski definition) is 0. The molecular weight excluding hydrogens is 358 g/mol. The second-order valence-electron chi connectivity index (χ2n) is 6.38. The minimum atomic E-state index is -0.926. The van der Waals surface area contributed by atoms with Gasteiger partial charge in [-0.15, -0.1) is 12.3 Å². The van der Waals surface area contributed by atoms with Crippen molar-refractivity contribution in [1.82, 2.24) is 0 Å². The number of halogens is 2. The summed E-state index contributed by atoms with van der Waals surface area (Å²) in [4.78, 5) is 12.2. The number of ether oxygens (including phenoxy) is 1. The molecule has 0 aliphatic rings. The predicted octanol–water partition coefficient (Wildman–Crippen LogP) is 5.73. The Morgan fingerprint density at radius 1 is 0.964 bits per heavy atom. The van der Waals surface area contributed by atoms with Gasteiger partial charge in [0.2, 0.25) is 0 Å². The second kappa shape index (κ2) is 8.49. The minimum Gasteiger partial charge on any atom is -0.423 e. The third-order valence-corrected chi connectivity index (χ3v) is 4.36. The van der Waals surface area contributed by atoms with Crippen LogP contribution in [0.3, 0.4) is 0 Å². The van der Waals surface area contributed by atoms with Crippen molar-refractivity contribution >= 4 is 5.97 Å². The van der Waals surface area contributed by atoms with Crippen molar-refractivity contribution < 1.29 is 18.3 Å². The van der Waals surface area contributed by atoms with E-state index in [0.717, 1.165) is 5.56 Å². The minimum absolute atomic E-state index is 0.125. The maximum absolute atomic E-state index is 14.4. The number of carbonyl (C=O) groups is 1. The molecule has 0 unspecified atom stereocenters. The Balaban J connectivity index is 1.79. The lowest BCUT2D eigenvalue weighted by molar-refractivity contribution is 0.0734. The molecule has 0 radical (unpaired) electrons. The Hall–Kier alpha value is -3.45. The van der Waals surface area contributed by atoms with Crippen LogP contribution in [0.15, 0.2) is 60.7 Å². The Bertz CT molecular complexity index is 1030. The highest BCUT2D eigenvalue weighted by atomic mass is 19.2. The van der Waals surface area contributed by atoms with Gasteiger partial charge in [-0.3, -0.25) is 0 Å². The lowest BCUT2D eigenvalue weighted by atomic mass is 9.99. The van der Waals surface area contributed by atoms with Crippen molar-refractivity contribution in [3.63, 3.8) is 0 Å². The lowest BCUT2D eigenvalue weighted by Gasteiger charge is -2.09. The third-order valence-electron chi connectivity index (χ3n) is 4.36. The zero-order valence-electron chi connectivity index (χ0n) is 15.3. The first-order chi connectivity index (χ1) is 13.5. The summed E-state index contributed by atoms with van der Waals surface area (Å²) < 4.78 is 34.0. The Morgan fingerprint density at radius 2 is 1.64 bits per heavy atom. The number of hydrogen-bond acceptors (Lipinski definition) is 2. The van der Waals surface area contributed by atoms with Gasteiger partial charge in [-0.1, -0.05) is 42.0 Å². The number of carbonyl (C=O) groups excluding carboxylic acids is 1. The standard InChI is InChI=1S/C24H18F2O2/c1-3-4-5-18-12-15-21(23(26)22(18)25)17-8-10-19(11-9-17)24(27)28-20-13-6-16(2)7-14-20/h1,6-15H,4-5H2,2H3. The molecule has 0 spiro atoms. The monoisotopic (exact) mass is 376 g/mol. The van der Waals surface area contributed by atoms with E-state index in [9.17, 15) is 13.6 Å². The first-order valence-electron chi connectivity index (χ1n) is 8.79. The Kier molecular flexibility index (Phi) is 5.86. The molecule has 0 N–H and O–H groups in total. The van der Waals surface area contributed by atoms with Crippen LogP contribution in [0.1, 0.15) is 27.9 Å². The molecule has 140 valence electrons. The summed E-state index contributed by atoms with van der Waals surface area (Å²) in [5.74, 6) is 0.512. The molecule has 0 saturated heterocycles. The van der Waals surface area contributed by atoms with Gasteiger partial charge in [-0.05, 0) is 48.7 Å². The summed E-state index contributed by atoms with van der Waals surface area (Å²) in [5.41, 5.74) is 2.21. The summed E-state index contributed by atoms with van der Waals surface area (Å²) >= 11 is 0. The van der Waals surface area contributed by atoms with Crippen molar-refractivity contribution in [2.45, 2.75) is 19.8 Å². The molecule has 2 nitrogen and oxygen atoms in total. The molecule has 0 heterocycles. The molecule has 3 aromatic carbocycles. The molecule has 3 aromatic rings. The Morgan fingerprint density at radius 3 is 2.29 bits per heavy atom. The first-order valence-corrected chi connectivity index (χ1v) is 8.79. The smallest absolute Gasteiger partial charge is 0.343 e. The molecule has 0 aromatic heterocycles. The van der Waals surface area contributed by atoms with Crippen molar-refractivity contribution in [2.75, 3.05) is 0 Å². The van der Waals surface area contributed by atoms with Gasteiger partial charge in [-0.2, -0.15) is 0 Å². The fraction of sp³-hybridized carbons (Fsp3) is 0.125. The quantitative estimate of drug-likeness (QED) is 0.323. The molecule has 28 heavy (non-hydrogen) atoms. The summed E-state index contributed by atoms with van der Waals surface area (Å²) in [6, 6.07) is 16.3. The largest absolute Gasteiger partial charge is 0.423 e. The number of benzene rings is 3. The molecule has 0 aliphatic heterocycles. The summed E-state index contributed by atoms with van der Waals surface area (Å²) in [7, 11) is 0. The lowest BCUT2D eigenvalue weighted by Crippen LogP contribution is -2.08. The molecule has 0 bridgehead atoms. The maximum atomic E-state index is 14.4. The molecular formula is C24H18F2O2. The van der Waals surface area contributed by atoms with Crippen molar-refractivity contribution in [2.24, 2.45) is 0 Å². The van der Waals surface area contributed by atoms with E-state index < -0.39 is 17.6 Å². The fourth-order valence-corrected chi connectivity index (χ4v) is 2.77. The van der Waals surface area contributed by atoms with Crippen molar-refractivity contribution in [3.8, 4) is 29.2 Å². The summed E-state index contributed by atoms with van der Waals surface area (Å²) in [5, 5.41) is 0. The van der Waals surface area contributed by atoms with Crippen LogP contribution in [0, 0.1) is 30.9 Å². The fourth-order valence-electron chi connectivity index (χ4n) is 2.77. The average molecular weight is 376 g/mol. The van der Waals surface area contributed by atoms with E-state index in [1.807, 2.05) is 19.1 Å². The zero-order chi connectivity index (χ0) is 20.1. The van der Waals surface area contributed by atoms with Gasteiger partial charge in [0.05, 0.1) is 5.56 Å². The van der Waals surface area contributed by atoms with E-state index in [2.05, 4.69) is 5.92 Å². The topological polar surface area (TPSA) is 26.3 Å². The average Bonchev–Trinajstić information content (AvgIpc) is 2.71. The maximum Gasteiger partial charge on any atom is 0.343 e. The number of rotatable bonds is 5. The van der Waals surface area contributed by atoms with Crippen LogP contribution in [0.4, 0.5) is 8.78 Å². The van der Waals surface area contributed by atoms with Gasteiger partial charge in [-0.25, -0.2) is 13.6 Å². The van der Waals surface area contributed by atoms with Crippen LogP contribution in [0.2, 0.25) is 0 Å². The molecule has 0 amide bonds. The highest BCUT2D eigenvalue weighted by molar-refractivity contribution is 5.91. The SMILES string of the molecule is C#CCCc1ccc(-c2ccc(C(=O)Oc3ccc(C)cc3)cc2)c(F)c1F. The van der Waals surface area contributed by atoms with Gasteiger partial charge < -0.3 is 4.74 Å². The van der Waals surface area contributed by atoms with E-state index in [1.165, 1.54) is 24.3 Å². The summed E-state index contributed by atoms with van der Waals surface area (Å²) in [6.45, 7) is 1.94. The van der Waals surface area contributed by atoms with E-state index in [1.54, 1.807) is 24.3 Å². The van der Waals surface area contributed by atoms with Crippen LogP contribution >= 0.6 is 0 Å². The predicted molar refractivity (Wildman–Crippen MR) is 105 cm³/mol. The first kappa shape index (κ1) is 19.3. The molecule has 0 fully saturated rings. The van der Waals surface area contributed by atoms with Crippen LogP contribution < -0.4 is 4.74 Å². The van der Waals surface area contributed by atoms with E-state index in [-0.39, 0.29) is 17.5 Å². The molecule has 0 atom stereocenters. The van der Waals surface area contributed by atoms with Crippen LogP contribution in [-0.4, -0.2) is 5.97 Å². The number of esters is 1. The van der Waals surface area contributed by atoms with Crippen LogP contribution in [-0.2, 0) is 6.42 Å². The molecule has 4 heteroatoms. The van der Waals surface area contributed by atoms with E-state index in [0.29, 0.717) is 23.3 Å². The van der Waals surface area contributed by atoms with Crippen LogP contribution in [0.25, 0.3) is 11.1 Å². The third kappa shape index (κ3) is 4.27. The van der Waals surface area contributed by atoms with Gasteiger partial charge in [0.15, 0.2) is 11.6 Å². The van der Waals surface area contributed by atoms with Crippen molar-refractivity contribution in [3.05, 3.63) is 89.0 Å². The van der Waals surface area contributed by atoms with E-state index >= 15 is 0 Å². The highest BCUT2D eigenvalue weighted by Gasteiger charge is 2.15. The van der Waals surface area contributed by atoms with Gasteiger partial charge >= 0.3 is 5.97 Å².